The number of aliphatic hydroxyl groups excluding tert-OH is 3. The van der Waals surface area contributed by atoms with Crippen LogP contribution in [0.2, 0.25) is 19.6 Å². The van der Waals surface area contributed by atoms with Crippen molar-refractivity contribution in [3.63, 3.8) is 0 Å². The summed E-state index contributed by atoms with van der Waals surface area (Å²) in [5.41, 5.74) is 2.33. The van der Waals surface area contributed by atoms with E-state index >= 15 is 0 Å². The van der Waals surface area contributed by atoms with Crippen molar-refractivity contribution in [2.75, 3.05) is 0 Å². The molecule has 154 valence electrons. The molecule has 0 saturated heterocycles. The second-order valence-electron chi connectivity index (χ2n) is 7.81. The SMILES string of the molecule is CC(C)O.CC(C)O.CC(C)O.CCCCCC[C-]=C[Si](C)(C)C.[Ti]. The molecule has 0 bridgehead atoms. The monoisotopic (exact) mass is 411 g/mol. The number of hydrogen-bond acceptors (Lipinski definition) is 3. The Kier molecular flexibility index (Phi) is 39.1. The van der Waals surface area contributed by atoms with E-state index in [-0.39, 0.29) is 40.0 Å². The molecule has 0 unspecified atom stereocenters. The maximum Gasteiger partial charge on any atom is 0.0483 e. The van der Waals surface area contributed by atoms with E-state index in [0.717, 1.165) is 0 Å². The van der Waals surface area contributed by atoms with Crippen LogP contribution in [0.25, 0.3) is 0 Å². The number of unbranched alkanes of at least 4 members (excludes halogenated alkanes) is 4. The minimum Gasteiger partial charge on any atom is -0.505 e. The summed E-state index contributed by atoms with van der Waals surface area (Å²) in [6, 6.07) is 0. The average molecular weight is 412 g/mol. The van der Waals surface area contributed by atoms with Crippen LogP contribution in [0.1, 0.15) is 80.6 Å². The van der Waals surface area contributed by atoms with Crippen LogP contribution in [-0.2, 0) is 21.7 Å². The van der Waals surface area contributed by atoms with Crippen molar-refractivity contribution in [2.45, 2.75) is 119 Å². The van der Waals surface area contributed by atoms with Crippen molar-refractivity contribution in [1.29, 1.82) is 0 Å². The molecule has 0 aromatic heterocycles. The summed E-state index contributed by atoms with van der Waals surface area (Å²) >= 11 is 0. The maximum absolute atomic E-state index is 8.06. The fraction of sp³-hybridized carbons (Fsp3) is 0.900. The molecule has 5 heteroatoms. The van der Waals surface area contributed by atoms with Gasteiger partial charge < -0.3 is 21.4 Å². The Balaban J connectivity index is -0.0000000850. The first-order chi connectivity index (χ1) is 10.8. The fourth-order valence-corrected chi connectivity index (χ4v) is 1.79. The molecule has 3 nitrogen and oxygen atoms in total. The Hall–Kier alpha value is 0.551. The number of rotatable bonds is 6. The molecule has 0 aliphatic heterocycles. The summed E-state index contributed by atoms with van der Waals surface area (Å²) in [5, 5.41) is 24.2. The number of allylic oxidation sites excluding steroid dienone is 1. The summed E-state index contributed by atoms with van der Waals surface area (Å²) in [6.45, 7) is 19.6. The molecule has 0 radical (unpaired) electrons. The zero-order chi connectivity index (χ0) is 20.2. The molecule has 0 aromatic carbocycles. The summed E-state index contributed by atoms with van der Waals surface area (Å²) in [5.74, 6) is 0. The van der Waals surface area contributed by atoms with Crippen LogP contribution in [0.5, 0.6) is 0 Å². The van der Waals surface area contributed by atoms with Gasteiger partial charge in [0.2, 0.25) is 0 Å². The average Bonchev–Trinajstić information content (AvgIpc) is 2.30. The van der Waals surface area contributed by atoms with Crippen LogP contribution in [0.3, 0.4) is 0 Å². The van der Waals surface area contributed by atoms with E-state index in [9.17, 15) is 0 Å². The van der Waals surface area contributed by atoms with Gasteiger partial charge in [-0.15, -0.1) is 0 Å². The van der Waals surface area contributed by atoms with Gasteiger partial charge in [-0.25, -0.2) is 0 Å². The molecule has 0 heterocycles. The summed E-state index contributed by atoms with van der Waals surface area (Å²) in [6.07, 6.45) is 9.51. The maximum atomic E-state index is 8.06. The summed E-state index contributed by atoms with van der Waals surface area (Å²) in [7, 11) is -0.962. The van der Waals surface area contributed by atoms with Crippen molar-refractivity contribution in [2.24, 2.45) is 0 Å². The van der Waals surface area contributed by atoms with Gasteiger partial charge in [-0.2, -0.15) is 6.42 Å². The van der Waals surface area contributed by atoms with Gasteiger partial charge in [-0.05, 0) is 41.5 Å². The van der Waals surface area contributed by atoms with Crippen molar-refractivity contribution in [1.82, 2.24) is 0 Å². The van der Waals surface area contributed by atoms with Gasteiger partial charge in [0.05, 0.1) is 0 Å². The second kappa shape index (κ2) is 26.8. The topological polar surface area (TPSA) is 60.7 Å². The smallest absolute Gasteiger partial charge is 0.0483 e. The van der Waals surface area contributed by atoms with Gasteiger partial charge in [0, 0.05) is 48.1 Å². The zero-order valence-corrected chi connectivity index (χ0v) is 21.2. The van der Waals surface area contributed by atoms with Gasteiger partial charge in [-0.1, -0.05) is 52.2 Å². The molecule has 0 spiro atoms. The van der Waals surface area contributed by atoms with Gasteiger partial charge in [0.1, 0.15) is 0 Å². The first-order valence-corrected chi connectivity index (χ1v) is 13.0. The molecule has 3 N–H and O–H groups in total. The quantitative estimate of drug-likeness (QED) is 0.314. The van der Waals surface area contributed by atoms with Crippen LogP contribution in [-0.4, -0.2) is 41.7 Å². The Morgan fingerprint density at radius 3 is 1.32 bits per heavy atom. The first-order valence-electron chi connectivity index (χ1n) is 9.38. The number of aliphatic hydroxyl groups is 3. The van der Waals surface area contributed by atoms with E-state index in [1.165, 1.54) is 32.1 Å². The predicted molar refractivity (Wildman–Crippen MR) is 112 cm³/mol. The first kappa shape index (κ1) is 36.5. The minimum absolute atomic E-state index is 0. The Bertz CT molecular complexity index is 215. The molecule has 0 atom stereocenters. The van der Waals surface area contributed by atoms with Crippen molar-refractivity contribution in [3.8, 4) is 0 Å². The van der Waals surface area contributed by atoms with E-state index in [2.05, 4.69) is 38.3 Å². The van der Waals surface area contributed by atoms with Gasteiger partial charge in [0.15, 0.2) is 0 Å². The third-order valence-electron chi connectivity index (χ3n) is 1.71. The van der Waals surface area contributed by atoms with Crippen LogP contribution in [0, 0.1) is 6.08 Å². The van der Waals surface area contributed by atoms with Gasteiger partial charge in [-0.3, -0.25) is 5.70 Å². The Labute approximate surface area is 175 Å². The number of hydrogen-bond donors (Lipinski definition) is 3. The summed E-state index contributed by atoms with van der Waals surface area (Å²) in [4.78, 5) is 0. The van der Waals surface area contributed by atoms with Crippen molar-refractivity contribution < 1.29 is 37.0 Å². The van der Waals surface area contributed by atoms with Crippen LogP contribution in [0.4, 0.5) is 0 Å². The van der Waals surface area contributed by atoms with E-state index in [4.69, 9.17) is 15.3 Å². The molecular formula is C20H47O3SiTi-. The van der Waals surface area contributed by atoms with E-state index in [0.29, 0.717) is 0 Å². The fourth-order valence-electron chi connectivity index (χ4n) is 1.03. The molecule has 0 amide bonds. The van der Waals surface area contributed by atoms with Crippen LogP contribution >= 0.6 is 0 Å². The standard InChI is InChI=1S/C11H23Si.3C3H8O.Ti/c1-5-6-7-8-9-10-11-12(2,3)4;3*1-3(2)4;/h11H,5-9H2,1-4H3;3*3-4H,1-2H3;/q-1;;;;. The van der Waals surface area contributed by atoms with E-state index in [1.807, 2.05) is 0 Å². The van der Waals surface area contributed by atoms with E-state index in [1.54, 1.807) is 41.5 Å². The van der Waals surface area contributed by atoms with Crippen LogP contribution in [0.15, 0.2) is 5.70 Å². The van der Waals surface area contributed by atoms with Gasteiger partial charge in [0.25, 0.3) is 0 Å². The molecular weight excluding hydrogens is 364 g/mol. The molecule has 0 aliphatic carbocycles. The van der Waals surface area contributed by atoms with Gasteiger partial charge >= 0.3 is 0 Å². The van der Waals surface area contributed by atoms with Crippen molar-refractivity contribution in [3.05, 3.63) is 11.8 Å². The molecule has 0 saturated carbocycles. The Morgan fingerprint density at radius 1 is 0.760 bits per heavy atom. The molecule has 0 fully saturated rings. The third kappa shape index (κ3) is 137. The van der Waals surface area contributed by atoms with Crippen LogP contribution < -0.4 is 0 Å². The van der Waals surface area contributed by atoms with Crippen molar-refractivity contribution >= 4 is 8.07 Å². The predicted octanol–water partition coefficient (Wildman–Crippen LogP) is 5.35. The van der Waals surface area contributed by atoms with E-state index < -0.39 is 8.07 Å². The second-order valence-corrected chi connectivity index (χ2v) is 12.8. The molecule has 0 rings (SSSR count). The summed E-state index contributed by atoms with van der Waals surface area (Å²) < 4.78 is 0. The molecule has 25 heavy (non-hydrogen) atoms. The molecule has 0 aromatic rings. The largest absolute Gasteiger partial charge is 0.505 e. The third-order valence-corrected chi connectivity index (χ3v) is 2.78. The zero-order valence-electron chi connectivity index (χ0n) is 18.7. The minimum atomic E-state index is -0.962. The molecule has 0 aliphatic rings. The Morgan fingerprint density at radius 2 is 1.08 bits per heavy atom. The normalized spacial score (nSPS) is 10.4.